The van der Waals surface area contributed by atoms with Crippen LogP contribution < -0.4 is 0 Å². The van der Waals surface area contributed by atoms with E-state index in [-0.39, 0.29) is 18.6 Å². The van der Waals surface area contributed by atoms with Crippen molar-refractivity contribution in [1.82, 2.24) is 14.6 Å². The second kappa shape index (κ2) is 8.06. The molecule has 3 heterocycles. The third-order valence-corrected chi connectivity index (χ3v) is 7.24. The highest BCUT2D eigenvalue weighted by Crippen LogP contribution is 2.49. The molecule has 0 amide bonds. The molecule has 1 saturated heterocycles. The van der Waals surface area contributed by atoms with E-state index < -0.39 is 11.6 Å². The number of nitrogens with zero attached hydrogens (tertiary/aromatic N) is 4. The largest absolute Gasteiger partial charge is 0.462 e. The van der Waals surface area contributed by atoms with Gasteiger partial charge in [-0.05, 0) is 59.1 Å². The number of rotatable bonds is 5. The van der Waals surface area contributed by atoms with Crippen molar-refractivity contribution < 1.29 is 14.3 Å². The molecule has 5 rings (SSSR count). The standard InChI is InChI=1S/C23H23BrN4O4/c1-27-11-14(13-32-22(29)15-6-17(24)10-25-9-15)8-23(31-2)18-4-3-5-19-21(18)16(7-20(23)27)12-28(19)26-30/h3-6,9-10,12,14,20H,7-8,11,13H2,1-2H3/t14-,20-,23+/m1/s1. The van der Waals surface area contributed by atoms with Crippen LogP contribution >= 0.6 is 15.9 Å². The first-order valence-electron chi connectivity index (χ1n) is 10.5. The van der Waals surface area contributed by atoms with Gasteiger partial charge in [0.05, 0.1) is 23.0 Å². The number of aromatic nitrogens is 2. The summed E-state index contributed by atoms with van der Waals surface area (Å²) in [5.74, 6) is -0.305. The zero-order valence-electron chi connectivity index (χ0n) is 17.8. The number of fused-ring (bicyclic) bond motifs is 2. The molecule has 2 aliphatic rings. The van der Waals surface area contributed by atoms with Crippen LogP contribution in [0.5, 0.6) is 0 Å². The molecule has 0 bridgehead atoms. The number of esters is 1. The van der Waals surface area contributed by atoms with Gasteiger partial charge in [-0.15, -0.1) is 4.91 Å². The molecule has 1 aliphatic heterocycles. The number of likely N-dealkylation sites (tertiary alicyclic amines) is 1. The number of nitroso groups, excluding NO2 is 1. The average molecular weight is 499 g/mol. The highest BCUT2D eigenvalue weighted by molar-refractivity contribution is 9.10. The molecule has 166 valence electrons. The van der Waals surface area contributed by atoms with Crippen LogP contribution in [0.4, 0.5) is 0 Å². The molecule has 0 spiro atoms. The first-order valence-corrected chi connectivity index (χ1v) is 11.3. The van der Waals surface area contributed by atoms with Crippen molar-refractivity contribution in [2.45, 2.75) is 24.5 Å². The smallest absolute Gasteiger partial charge is 0.339 e. The van der Waals surface area contributed by atoms with E-state index in [4.69, 9.17) is 9.47 Å². The number of likely N-dealkylation sites (N-methyl/N-ethyl adjacent to an activating group) is 1. The fourth-order valence-electron chi connectivity index (χ4n) is 5.50. The molecular formula is C23H23BrN4O4. The predicted octanol–water partition coefficient (Wildman–Crippen LogP) is 3.90. The number of hydrogen-bond acceptors (Lipinski definition) is 7. The van der Waals surface area contributed by atoms with Gasteiger partial charge in [0.2, 0.25) is 0 Å². The highest BCUT2D eigenvalue weighted by atomic mass is 79.9. The van der Waals surface area contributed by atoms with Crippen molar-refractivity contribution in [2.75, 3.05) is 27.3 Å². The van der Waals surface area contributed by atoms with Crippen molar-refractivity contribution >= 4 is 32.8 Å². The first-order chi connectivity index (χ1) is 15.5. The molecule has 0 saturated carbocycles. The molecule has 0 radical (unpaired) electrons. The summed E-state index contributed by atoms with van der Waals surface area (Å²) in [5, 5.41) is 4.20. The Morgan fingerprint density at radius 1 is 1.38 bits per heavy atom. The van der Waals surface area contributed by atoms with Crippen LogP contribution in [0.2, 0.25) is 0 Å². The van der Waals surface area contributed by atoms with E-state index in [1.807, 2.05) is 18.3 Å². The maximum absolute atomic E-state index is 12.5. The average Bonchev–Trinajstić information content (AvgIpc) is 3.17. The third-order valence-electron chi connectivity index (χ3n) is 6.81. The molecule has 8 nitrogen and oxygen atoms in total. The second-order valence-corrected chi connectivity index (χ2v) is 9.51. The minimum Gasteiger partial charge on any atom is -0.462 e. The Balaban J connectivity index is 1.45. The number of halogens is 1. The van der Waals surface area contributed by atoms with Gasteiger partial charge in [0.25, 0.3) is 0 Å². The van der Waals surface area contributed by atoms with Crippen molar-refractivity contribution in [3.63, 3.8) is 0 Å². The number of carbonyl (C=O) groups is 1. The van der Waals surface area contributed by atoms with Crippen LogP contribution in [0, 0.1) is 10.8 Å². The molecule has 3 aromatic rings. The molecule has 1 aromatic carbocycles. The van der Waals surface area contributed by atoms with Crippen molar-refractivity contribution in [3.8, 4) is 0 Å². The lowest BCUT2D eigenvalue weighted by atomic mass is 9.69. The van der Waals surface area contributed by atoms with Gasteiger partial charge in [-0.25, -0.2) is 9.47 Å². The molecule has 0 N–H and O–H groups in total. The Morgan fingerprint density at radius 2 is 2.22 bits per heavy atom. The van der Waals surface area contributed by atoms with Gasteiger partial charge in [0, 0.05) is 54.1 Å². The topological polar surface area (TPSA) is 86.0 Å². The Bertz CT molecular complexity index is 1210. The van der Waals surface area contributed by atoms with Gasteiger partial charge in [-0.3, -0.25) is 9.88 Å². The fraction of sp³-hybridized carbons (Fsp3) is 0.391. The zero-order valence-corrected chi connectivity index (χ0v) is 19.4. The van der Waals surface area contributed by atoms with Crippen LogP contribution in [0.25, 0.3) is 10.9 Å². The SMILES string of the molecule is CO[C@]12C[C@@H](COC(=O)c3cncc(Br)c3)CN(C)[C@@H]1Cc1cn(N=O)c3cccc2c13. The Hall–Kier alpha value is -2.62. The summed E-state index contributed by atoms with van der Waals surface area (Å²) in [6, 6.07) is 7.73. The number of pyridine rings is 1. The summed E-state index contributed by atoms with van der Waals surface area (Å²) in [4.78, 5) is 30.2. The minimum absolute atomic E-state index is 0.0864. The Kier molecular flexibility index (Phi) is 5.35. The summed E-state index contributed by atoms with van der Waals surface area (Å²) in [5.41, 5.74) is 2.80. The van der Waals surface area contributed by atoms with Gasteiger partial charge in [0.1, 0.15) is 5.60 Å². The summed E-state index contributed by atoms with van der Waals surface area (Å²) in [6.45, 7) is 1.06. The van der Waals surface area contributed by atoms with Gasteiger partial charge in [0.15, 0.2) is 0 Å². The van der Waals surface area contributed by atoms with Crippen LogP contribution in [0.3, 0.4) is 0 Å². The first kappa shape index (κ1) is 21.2. The molecule has 3 atom stereocenters. The van der Waals surface area contributed by atoms with Gasteiger partial charge in [-0.1, -0.05) is 12.1 Å². The quantitative estimate of drug-likeness (QED) is 0.391. The molecule has 9 heteroatoms. The van der Waals surface area contributed by atoms with E-state index in [2.05, 4.69) is 44.2 Å². The van der Waals surface area contributed by atoms with E-state index in [0.29, 0.717) is 12.0 Å². The van der Waals surface area contributed by atoms with Gasteiger partial charge >= 0.3 is 5.97 Å². The minimum atomic E-state index is -0.566. The van der Waals surface area contributed by atoms with Crippen molar-refractivity contribution in [2.24, 2.45) is 11.2 Å². The summed E-state index contributed by atoms with van der Waals surface area (Å²) in [6.07, 6.45) is 6.43. The lowest BCUT2D eigenvalue weighted by Gasteiger charge is -2.52. The highest BCUT2D eigenvalue weighted by Gasteiger charge is 2.52. The van der Waals surface area contributed by atoms with Crippen LogP contribution in [0.15, 0.2) is 52.6 Å². The van der Waals surface area contributed by atoms with E-state index in [9.17, 15) is 9.70 Å². The lowest BCUT2D eigenvalue weighted by Crippen LogP contribution is -2.59. The van der Waals surface area contributed by atoms with Gasteiger partial charge < -0.3 is 9.47 Å². The van der Waals surface area contributed by atoms with E-state index >= 15 is 0 Å². The normalized spacial score (nSPS) is 24.8. The Morgan fingerprint density at radius 3 is 2.97 bits per heavy atom. The predicted molar refractivity (Wildman–Crippen MR) is 122 cm³/mol. The maximum Gasteiger partial charge on any atom is 0.339 e. The molecule has 1 aliphatic carbocycles. The molecule has 32 heavy (non-hydrogen) atoms. The zero-order chi connectivity index (χ0) is 22.5. The third kappa shape index (κ3) is 3.27. The molecule has 0 unspecified atom stereocenters. The summed E-state index contributed by atoms with van der Waals surface area (Å²) >= 11 is 3.33. The van der Waals surface area contributed by atoms with Crippen molar-refractivity contribution in [1.29, 1.82) is 0 Å². The molecule has 1 fully saturated rings. The number of piperidine rings is 1. The van der Waals surface area contributed by atoms with E-state index in [1.54, 1.807) is 19.4 Å². The number of ether oxygens (including phenoxy) is 2. The van der Waals surface area contributed by atoms with E-state index in [0.717, 1.165) is 39.5 Å². The van der Waals surface area contributed by atoms with Crippen LogP contribution in [-0.2, 0) is 21.5 Å². The van der Waals surface area contributed by atoms with Gasteiger partial charge in [-0.2, -0.15) is 0 Å². The number of benzene rings is 1. The van der Waals surface area contributed by atoms with Crippen LogP contribution in [-0.4, -0.2) is 53.9 Å². The van der Waals surface area contributed by atoms with E-state index in [1.165, 1.54) is 10.9 Å². The molecule has 2 aromatic heterocycles. The summed E-state index contributed by atoms with van der Waals surface area (Å²) < 4.78 is 14.1. The summed E-state index contributed by atoms with van der Waals surface area (Å²) in [7, 11) is 3.81. The number of hydrogen-bond donors (Lipinski definition) is 0. The Labute approximate surface area is 193 Å². The number of methoxy groups -OCH3 is 1. The van der Waals surface area contributed by atoms with Crippen molar-refractivity contribution in [3.05, 3.63) is 68.9 Å². The second-order valence-electron chi connectivity index (χ2n) is 8.59. The monoisotopic (exact) mass is 498 g/mol. The fourth-order valence-corrected chi connectivity index (χ4v) is 5.87. The van der Waals surface area contributed by atoms with Crippen LogP contribution in [0.1, 0.15) is 27.9 Å². The maximum atomic E-state index is 12.5. The lowest BCUT2D eigenvalue weighted by molar-refractivity contribution is -0.131. The molecular weight excluding hydrogens is 476 g/mol. The number of carbonyl (C=O) groups excluding carboxylic acids is 1.